The molecule has 0 radical (unpaired) electrons. The Morgan fingerprint density at radius 3 is 2.10 bits per heavy atom. The first-order chi connectivity index (χ1) is 14.1. The number of rotatable bonds is 11. The van der Waals surface area contributed by atoms with Gasteiger partial charge in [0.05, 0.1) is 0 Å². The summed E-state index contributed by atoms with van der Waals surface area (Å²) in [7, 11) is 0. The topological polar surface area (TPSA) is 52.7 Å². The minimum absolute atomic E-state index is 0.0998. The third-order valence-corrected chi connectivity index (χ3v) is 5.95. The van der Waals surface area contributed by atoms with Crippen LogP contribution < -0.4 is 10.2 Å². The predicted octanol–water partition coefficient (Wildman–Crippen LogP) is 5.07. The molecule has 1 N–H and O–H groups in total. The molecule has 0 aromatic heterocycles. The van der Waals surface area contributed by atoms with Gasteiger partial charge in [-0.2, -0.15) is 0 Å². The van der Waals surface area contributed by atoms with Crippen LogP contribution >= 0.6 is 0 Å². The molecule has 0 saturated carbocycles. The highest BCUT2D eigenvalue weighted by molar-refractivity contribution is 5.90. The Bertz CT molecular complexity index is 618. The molecule has 0 atom stereocenters. The van der Waals surface area contributed by atoms with Crippen LogP contribution in [0.1, 0.15) is 72.1 Å². The normalized spacial score (nSPS) is 14.3. The lowest BCUT2D eigenvalue weighted by Gasteiger charge is -2.37. The highest BCUT2D eigenvalue weighted by Gasteiger charge is 2.25. The molecule has 1 saturated heterocycles. The monoisotopic (exact) mass is 401 g/mol. The number of nitrogens with one attached hydrogen (secondary N) is 1. The van der Waals surface area contributed by atoms with Gasteiger partial charge in [0.15, 0.2) is 0 Å². The summed E-state index contributed by atoms with van der Waals surface area (Å²) in [5.41, 5.74) is 2.01. The van der Waals surface area contributed by atoms with Crippen molar-refractivity contribution in [1.82, 2.24) is 4.90 Å². The van der Waals surface area contributed by atoms with E-state index < -0.39 is 0 Å². The minimum atomic E-state index is 0.0998. The van der Waals surface area contributed by atoms with E-state index in [1.807, 2.05) is 17.0 Å². The van der Waals surface area contributed by atoms with E-state index in [0.29, 0.717) is 12.3 Å². The van der Waals surface area contributed by atoms with Crippen LogP contribution in [-0.4, -0.2) is 42.9 Å². The zero-order chi connectivity index (χ0) is 21.1. The summed E-state index contributed by atoms with van der Waals surface area (Å²) < 4.78 is 0. The van der Waals surface area contributed by atoms with Crippen LogP contribution in [0.3, 0.4) is 0 Å². The van der Waals surface area contributed by atoms with Gasteiger partial charge in [0.25, 0.3) is 0 Å². The number of hydrogen-bond donors (Lipinski definition) is 1. The standard InChI is InChI=1S/C24H39N3O2/c1-4-7-8-9-10-11-23(28)25-21-12-14-22(15-13-21)26-16-18-27(19-17-26)24(29)20(5-2)6-3/h12-15,20H,4-11,16-19H2,1-3H3,(H,25,28). The van der Waals surface area contributed by atoms with Crippen LogP contribution in [0.15, 0.2) is 24.3 Å². The van der Waals surface area contributed by atoms with Gasteiger partial charge in [0, 0.05) is 49.9 Å². The summed E-state index contributed by atoms with van der Waals surface area (Å²) in [5, 5.41) is 3.00. The van der Waals surface area contributed by atoms with Gasteiger partial charge in [-0.3, -0.25) is 9.59 Å². The van der Waals surface area contributed by atoms with Gasteiger partial charge in [0.2, 0.25) is 11.8 Å². The van der Waals surface area contributed by atoms with E-state index in [9.17, 15) is 9.59 Å². The molecule has 29 heavy (non-hydrogen) atoms. The lowest BCUT2D eigenvalue weighted by molar-refractivity contribution is -0.136. The third kappa shape index (κ3) is 7.37. The number of anilines is 2. The zero-order valence-corrected chi connectivity index (χ0v) is 18.6. The van der Waals surface area contributed by atoms with Crippen LogP contribution in [0, 0.1) is 5.92 Å². The molecule has 162 valence electrons. The highest BCUT2D eigenvalue weighted by atomic mass is 16.2. The van der Waals surface area contributed by atoms with Crippen molar-refractivity contribution in [2.45, 2.75) is 72.1 Å². The second-order valence-corrected chi connectivity index (χ2v) is 8.09. The number of benzene rings is 1. The molecule has 1 heterocycles. The van der Waals surface area contributed by atoms with Gasteiger partial charge in [-0.25, -0.2) is 0 Å². The number of piperazine rings is 1. The number of hydrogen-bond acceptors (Lipinski definition) is 3. The fourth-order valence-electron chi connectivity index (χ4n) is 3.95. The molecule has 1 aliphatic rings. The Hall–Kier alpha value is -2.04. The SMILES string of the molecule is CCCCCCCC(=O)Nc1ccc(N2CCN(C(=O)C(CC)CC)CC2)cc1. The van der Waals surface area contributed by atoms with Gasteiger partial charge >= 0.3 is 0 Å². The number of nitrogens with zero attached hydrogens (tertiary/aromatic N) is 2. The smallest absolute Gasteiger partial charge is 0.225 e. The van der Waals surface area contributed by atoms with E-state index in [2.05, 4.69) is 43.1 Å². The maximum Gasteiger partial charge on any atom is 0.225 e. The largest absolute Gasteiger partial charge is 0.368 e. The molecule has 5 nitrogen and oxygen atoms in total. The minimum Gasteiger partial charge on any atom is -0.368 e. The van der Waals surface area contributed by atoms with Gasteiger partial charge in [-0.15, -0.1) is 0 Å². The van der Waals surface area contributed by atoms with Crippen molar-refractivity contribution in [2.75, 3.05) is 36.4 Å². The molecular weight excluding hydrogens is 362 g/mol. The molecule has 0 unspecified atom stereocenters. The summed E-state index contributed by atoms with van der Waals surface area (Å²) in [6.07, 6.45) is 8.22. The third-order valence-electron chi connectivity index (χ3n) is 5.95. The molecule has 0 aliphatic carbocycles. The van der Waals surface area contributed by atoms with Crippen LogP contribution in [0.4, 0.5) is 11.4 Å². The van der Waals surface area contributed by atoms with Gasteiger partial charge in [-0.05, 0) is 43.5 Å². The Kier molecular flexibility index (Phi) is 10.0. The van der Waals surface area contributed by atoms with Crippen molar-refractivity contribution < 1.29 is 9.59 Å². The molecule has 1 aromatic rings. The zero-order valence-electron chi connectivity index (χ0n) is 18.6. The molecule has 0 spiro atoms. The summed E-state index contributed by atoms with van der Waals surface area (Å²) in [6, 6.07) is 8.09. The van der Waals surface area contributed by atoms with Gasteiger partial charge in [-0.1, -0.05) is 46.5 Å². The van der Waals surface area contributed by atoms with Crippen LogP contribution in [0.5, 0.6) is 0 Å². The Morgan fingerprint density at radius 2 is 1.52 bits per heavy atom. The quantitative estimate of drug-likeness (QED) is 0.527. The molecule has 2 amide bonds. The summed E-state index contributed by atoms with van der Waals surface area (Å²) in [5.74, 6) is 0.571. The molecule has 5 heteroatoms. The van der Waals surface area contributed by atoms with E-state index in [0.717, 1.165) is 63.2 Å². The lowest BCUT2D eigenvalue weighted by Crippen LogP contribution is -2.50. The Balaban J connectivity index is 1.76. The number of unbranched alkanes of at least 4 members (excludes halogenated alkanes) is 4. The molecule has 1 fully saturated rings. The van der Waals surface area contributed by atoms with Crippen molar-refractivity contribution in [3.63, 3.8) is 0 Å². The van der Waals surface area contributed by atoms with Gasteiger partial charge < -0.3 is 15.1 Å². The van der Waals surface area contributed by atoms with Crippen molar-refractivity contribution in [3.8, 4) is 0 Å². The fraction of sp³-hybridized carbons (Fsp3) is 0.667. The van der Waals surface area contributed by atoms with Crippen LogP contribution in [0.25, 0.3) is 0 Å². The van der Waals surface area contributed by atoms with Crippen LogP contribution in [-0.2, 0) is 9.59 Å². The van der Waals surface area contributed by atoms with Crippen molar-refractivity contribution in [2.24, 2.45) is 5.92 Å². The van der Waals surface area contributed by atoms with Crippen LogP contribution in [0.2, 0.25) is 0 Å². The first kappa shape index (κ1) is 23.2. The second kappa shape index (κ2) is 12.5. The first-order valence-corrected chi connectivity index (χ1v) is 11.5. The maximum atomic E-state index is 12.5. The Labute approximate surface area is 176 Å². The number of carbonyl (C=O) groups excluding carboxylic acids is 2. The summed E-state index contributed by atoms with van der Waals surface area (Å²) in [6.45, 7) is 9.66. The number of carbonyl (C=O) groups is 2. The highest BCUT2D eigenvalue weighted by Crippen LogP contribution is 2.21. The molecule has 0 bridgehead atoms. The summed E-state index contributed by atoms with van der Waals surface area (Å²) >= 11 is 0. The van der Waals surface area contributed by atoms with Gasteiger partial charge in [0.1, 0.15) is 0 Å². The van der Waals surface area contributed by atoms with Crippen molar-refractivity contribution in [3.05, 3.63) is 24.3 Å². The fourth-order valence-corrected chi connectivity index (χ4v) is 3.95. The molecule has 2 rings (SSSR count). The first-order valence-electron chi connectivity index (χ1n) is 11.5. The van der Waals surface area contributed by atoms with E-state index in [4.69, 9.17) is 0 Å². The average Bonchev–Trinajstić information content (AvgIpc) is 2.75. The number of amides is 2. The second-order valence-electron chi connectivity index (χ2n) is 8.09. The predicted molar refractivity (Wildman–Crippen MR) is 121 cm³/mol. The lowest BCUT2D eigenvalue weighted by atomic mass is 10.0. The van der Waals surface area contributed by atoms with Crippen molar-refractivity contribution >= 4 is 23.2 Å². The summed E-state index contributed by atoms with van der Waals surface area (Å²) in [4.78, 5) is 29.0. The Morgan fingerprint density at radius 1 is 0.897 bits per heavy atom. The van der Waals surface area contributed by atoms with Crippen molar-refractivity contribution in [1.29, 1.82) is 0 Å². The average molecular weight is 402 g/mol. The van der Waals surface area contributed by atoms with E-state index in [1.165, 1.54) is 19.3 Å². The molecule has 1 aliphatic heterocycles. The van der Waals surface area contributed by atoms with E-state index in [-0.39, 0.29) is 11.8 Å². The van der Waals surface area contributed by atoms with E-state index >= 15 is 0 Å². The molecule has 1 aromatic carbocycles. The van der Waals surface area contributed by atoms with E-state index in [1.54, 1.807) is 0 Å². The maximum absolute atomic E-state index is 12.5. The molecular formula is C24H39N3O2.